The van der Waals surface area contributed by atoms with E-state index in [1.807, 2.05) is 6.92 Å². The van der Waals surface area contributed by atoms with Gasteiger partial charge in [-0.05, 0) is 26.7 Å². The number of piperidine rings is 1. The second kappa shape index (κ2) is 5.11. The van der Waals surface area contributed by atoms with Crippen LogP contribution in [-0.4, -0.2) is 42.4 Å². The lowest BCUT2D eigenvalue weighted by atomic mass is 10.1. The summed E-state index contributed by atoms with van der Waals surface area (Å²) in [6, 6.07) is -1.16. The largest absolute Gasteiger partial charge is 0.480 e. The van der Waals surface area contributed by atoms with Crippen LogP contribution in [0.2, 0.25) is 0 Å². The van der Waals surface area contributed by atoms with Crippen molar-refractivity contribution in [3.05, 3.63) is 0 Å². The van der Waals surface area contributed by atoms with Gasteiger partial charge in [0.2, 0.25) is 0 Å². The Morgan fingerprint density at radius 1 is 1.50 bits per heavy atom. The molecule has 1 heterocycles. The van der Waals surface area contributed by atoms with Crippen molar-refractivity contribution >= 4 is 16.2 Å². The van der Waals surface area contributed by atoms with Crippen molar-refractivity contribution in [2.45, 2.75) is 45.2 Å². The summed E-state index contributed by atoms with van der Waals surface area (Å²) in [7, 11) is -3.67. The molecule has 94 valence electrons. The molecule has 0 spiro atoms. The van der Waals surface area contributed by atoms with Crippen LogP contribution in [0.15, 0.2) is 0 Å². The first-order valence-electron chi connectivity index (χ1n) is 5.36. The number of rotatable bonds is 4. The molecule has 0 aromatic heterocycles. The number of hydrogen-bond donors (Lipinski definition) is 2. The van der Waals surface area contributed by atoms with Gasteiger partial charge in [0.15, 0.2) is 0 Å². The summed E-state index contributed by atoms with van der Waals surface area (Å²) in [6.45, 7) is 3.61. The van der Waals surface area contributed by atoms with Crippen LogP contribution in [0, 0.1) is 0 Å². The smallest absolute Gasteiger partial charge is 0.321 e. The Morgan fingerprint density at radius 3 is 2.62 bits per heavy atom. The van der Waals surface area contributed by atoms with Gasteiger partial charge in [-0.1, -0.05) is 6.42 Å². The molecule has 0 aromatic rings. The predicted octanol–water partition coefficient (Wildman–Crippen LogP) is 0.168. The van der Waals surface area contributed by atoms with Gasteiger partial charge in [-0.15, -0.1) is 0 Å². The molecule has 2 N–H and O–H groups in total. The van der Waals surface area contributed by atoms with Crippen molar-refractivity contribution < 1.29 is 18.3 Å². The third kappa shape index (κ3) is 3.16. The number of carboxylic acids is 1. The van der Waals surface area contributed by atoms with Crippen molar-refractivity contribution in [2.24, 2.45) is 0 Å². The summed E-state index contributed by atoms with van der Waals surface area (Å²) in [5.41, 5.74) is 0. The maximum Gasteiger partial charge on any atom is 0.321 e. The SMILES string of the molecule is CC(NS(=O)(=O)N1CCCCC1C)C(=O)O. The highest BCUT2D eigenvalue weighted by Gasteiger charge is 2.31. The summed E-state index contributed by atoms with van der Waals surface area (Å²) in [5.74, 6) is -1.17. The fourth-order valence-corrected chi connectivity index (χ4v) is 3.40. The van der Waals surface area contributed by atoms with E-state index in [0.29, 0.717) is 6.54 Å². The zero-order chi connectivity index (χ0) is 12.3. The summed E-state index contributed by atoms with van der Waals surface area (Å²) >= 11 is 0. The van der Waals surface area contributed by atoms with Gasteiger partial charge in [-0.2, -0.15) is 17.4 Å². The van der Waals surface area contributed by atoms with Crippen molar-refractivity contribution in [2.75, 3.05) is 6.54 Å². The van der Waals surface area contributed by atoms with E-state index in [1.165, 1.54) is 11.2 Å². The Hall–Kier alpha value is -0.660. The van der Waals surface area contributed by atoms with Crippen molar-refractivity contribution in [3.63, 3.8) is 0 Å². The van der Waals surface area contributed by atoms with Gasteiger partial charge in [0.1, 0.15) is 6.04 Å². The molecule has 0 amide bonds. The van der Waals surface area contributed by atoms with E-state index in [1.54, 1.807) is 0 Å². The lowest BCUT2D eigenvalue weighted by Gasteiger charge is -2.32. The number of carbonyl (C=O) groups is 1. The minimum Gasteiger partial charge on any atom is -0.480 e. The summed E-state index contributed by atoms with van der Waals surface area (Å²) < 4.78 is 27.2. The first-order chi connectivity index (χ1) is 7.34. The molecule has 1 rings (SSSR count). The average Bonchev–Trinajstić information content (AvgIpc) is 2.17. The van der Waals surface area contributed by atoms with E-state index in [-0.39, 0.29) is 6.04 Å². The lowest BCUT2D eigenvalue weighted by Crippen LogP contribution is -2.51. The van der Waals surface area contributed by atoms with Crippen LogP contribution in [0.3, 0.4) is 0 Å². The van der Waals surface area contributed by atoms with E-state index in [9.17, 15) is 13.2 Å². The standard InChI is InChI=1S/C9H18N2O4S/c1-7-5-3-4-6-11(7)16(14,15)10-8(2)9(12)13/h7-8,10H,3-6H2,1-2H3,(H,12,13). The second-order valence-electron chi connectivity index (χ2n) is 4.14. The third-order valence-corrected chi connectivity index (χ3v) is 4.56. The Labute approximate surface area is 95.8 Å². The molecule has 0 radical (unpaired) electrons. The van der Waals surface area contributed by atoms with Gasteiger partial charge in [0.05, 0.1) is 0 Å². The molecule has 16 heavy (non-hydrogen) atoms. The fourth-order valence-electron chi connectivity index (χ4n) is 1.77. The first kappa shape index (κ1) is 13.4. The third-order valence-electron chi connectivity index (χ3n) is 2.75. The number of aliphatic carboxylic acids is 1. The molecule has 0 aliphatic carbocycles. The van der Waals surface area contributed by atoms with E-state index in [0.717, 1.165) is 19.3 Å². The van der Waals surface area contributed by atoms with Gasteiger partial charge in [-0.25, -0.2) is 0 Å². The summed E-state index contributed by atoms with van der Waals surface area (Å²) in [5, 5.41) is 8.66. The number of nitrogens with one attached hydrogen (secondary N) is 1. The predicted molar refractivity (Wildman–Crippen MR) is 59.2 cm³/mol. The van der Waals surface area contributed by atoms with Gasteiger partial charge in [0.25, 0.3) is 10.2 Å². The van der Waals surface area contributed by atoms with Crippen LogP contribution in [0.25, 0.3) is 0 Å². The quantitative estimate of drug-likeness (QED) is 0.744. The molecule has 2 atom stereocenters. The maximum absolute atomic E-state index is 11.9. The average molecular weight is 250 g/mol. The molecule has 6 nitrogen and oxygen atoms in total. The van der Waals surface area contributed by atoms with E-state index in [2.05, 4.69) is 4.72 Å². The van der Waals surface area contributed by atoms with Crippen LogP contribution in [-0.2, 0) is 15.0 Å². The molecule has 0 aromatic carbocycles. The van der Waals surface area contributed by atoms with Gasteiger partial charge in [-0.3, -0.25) is 4.79 Å². The van der Waals surface area contributed by atoms with E-state index >= 15 is 0 Å². The van der Waals surface area contributed by atoms with Crippen LogP contribution >= 0.6 is 0 Å². The van der Waals surface area contributed by atoms with Crippen molar-refractivity contribution in [1.29, 1.82) is 0 Å². The van der Waals surface area contributed by atoms with E-state index in [4.69, 9.17) is 5.11 Å². The topological polar surface area (TPSA) is 86.7 Å². The Balaban J connectivity index is 2.72. The highest BCUT2D eigenvalue weighted by molar-refractivity contribution is 7.87. The highest BCUT2D eigenvalue weighted by atomic mass is 32.2. The van der Waals surface area contributed by atoms with Crippen LogP contribution in [0.1, 0.15) is 33.1 Å². The van der Waals surface area contributed by atoms with Gasteiger partial charge in [0, 0.05) is 12.6 Å². The summed E-state index contributed by atoms with van der Waals surface area (Å²) in [6.07, 6.45) is 2.66. The number of nitrogens with zero attached hydrogens (tertiary/aromatic N) is 1. The normalized spacial score (nSPS) is 25.2. The molecule has 2 unspecified atom stereocenters. The molecule has 1 fully saturated rings. The fraction of sp³-hybridized carbons (Fsp3) is 0.889. The Bertz CT molecular complexity index is 355. The molecule has 1 aliphatic rings. The number of hydrogen-bond acceptors (Lipinski definition) is 3. The zero-order valence-corrected chi connectivity index (χ0v) is 10.3. The zero-order valence-electron chi connectivity index (χ0n) is 9.51. The van der Waals surface area contributed by atoms with Crippen molar-refractivity contribution in [1.82, 2.24) is 9.03 Å². The van der Waals surface area contributed by atoms with Crippen molar-refractivity contribution in [3.8, 4) is 0 Å². The van der Waals surface area contributed by atoms with Gasteiger partial charge < -0.3 is 5.11 Å². The Morgan fingerprint density at radius 2 is 2.12 bits per heavy atom. The van der Waals surface area contributed by atoms with Crippen LogP contribution < -0.4 is 4.72 Å². The number of carboxylic acid groups (broad SMARTS) is 1. The molecular weight excluding hydrogens is 232 g/mol. The summed E-state index contributed by atoms with van der Waals surface area (Å²) in [4.78, 5) is 10.6. The Kier molecular flexibility index (Phi) is 4.28. The van der Waals surface area contributed by atoms with Crippen LogP contribution in [0.4, 0.5) is 0 Å². The highest BCUT2D eigenvalue weighted by Crippen LogP contribution is 2.19. The lowest BCUT2D eigenvalue weighted by molar-refractivity contribution is -0.138. The first-order valence-corrected chi connectivity index (χ1v) is 6.80. The second-order valence-corrected chi connectivity index (χ2v) is 5.79. The minimum atomic E-state index is -3.67. The molecule has 1 aliphatic heterocycles. The monoisotopic (exact) mass is 250 g/mol. The molecule has 7 heteroatoms. The molecule has 1 saturated heterocycles. The van der Waals surface area contributed by atoms with Crippen LogP contribution in [0.5, 0.6) is 0 Å². The van der Waals surface area contributed by atoms with E-state index < -0.39 is 22.2 Å². The maximum atomic E-state index is 11.9. The molecular formula is C9H18N2O4S. The minimum absolute atomic E-state index is 0.0627. The molecule has 0 bridgehead atoms. The molecule has 0 saturated carbocycles. The van der Waals surface area contributed by atoms with Gasteiger partial charge >= 0.3 is 5.97 Å².